The van der Waals surface area contributed by atoms with Gasteiger partial charge in [-0.05, 0) is 29.7 Å². The van der Waals surface area contributed by atoms with Gasteiger partial charge in [-0.25, -0.2) is 0 Å². The van der Waals surface area contributed by atoms with Crippen LogP contribution in [-0.4, -0.2) is 32.5 Å². The third-order valence-electron chi connectivity index (χ3n) is 3.68. The summed E-state index contributed by atoms with van der Waals surface area (Å²) >= 11 is 0. The minimum absolute atomic E-state index is 0.0760. The number of nitrogens with one attached hydrogen (secondary N) is 3. The van der Waals surface area contributed by atoms with Gasteiger partial charge in [-0.2, -0.15) is 0 Å². The quantitative estimate of drug-likeness (QED) is 0.562. The number of nitrogens with zero attached hydrogens (tertiary/aromatic N) is 1. The smallest absolute Gasteiger partial charge is 0.251 e. The van der Waals surface area contributed by atoms with Crippen molar-refractivity contribution in [2.24, 2.45) is 4.99 Å². The van der Waals surface area contributed by atoms with E-state index in [1.165, 1.54) is 5.56 Å². The summed E-state index contributed by atoms with van der Waals surface area (Å²) in [6.45, 7) is 1.47. The van der Waals surface area contributed by atoms with Crippen molar-refractivity contribution in [3.05, 3.63) is 71.3 Å². The largest absolute Gasteiger partial charge is 0.356 e. The van der Waals surface area contributed by atoms with Gasteiger partial charge in [0.05, 0.1) is 0 Å². The Morgan fingerprint density at radius 2 is 1.67 bits per heavy atom. The van der Waals surface area contributed by atoms with Crippen molar-refractivity contribution in [3.8, 4) is 0 Å². The molecule has 24 heavy (non-hydrogen) atoms. The first-order valence-electron chi connectivity index (χ1n) is 8.02. The fraction of sp³-hybridized carbons (Fsp3) is 0.263. The van der Waals surface area contributed by atoms with Gasteiger partial charge in [-0.3, -0.25) is 9.79 Å². The van der Waals surface area contributed by atoms with E-state index in [1.54, 1.807) is 14.1 Å². The molecule has 0 aliphatic rings. The van der Waals surface area contributed by atoms with Gasteiger partial charge in [0.25, 0.3) is 5.91 Å². The first-order valence-corrected chi connectivity index (χ1v) is 8.02. The number of benzene rings is 2. The van der Waals surface area contributed by atoms with Gasteiger partial charge in [0.15, 0.2) is 5.96 Å². The van der Waals surface area contributed by atoms with Crippen LogP contribution in [0.5, 0.6) is 0 Å². The zero-order valence-corrected chi connectivity index (χ0v) is 14.2. The van der Waals surface area contributed by atoms with Gasteiger partial charge in [0, 0.05) is 32.7 Å². The van der Waals surface area contributed by atoms with Gasteiger partial charge in [0.2, 0.25) is 0 Å². The lowest BCUT2D eigenvalue weighted by Crippen LogP contribution is -2.37. The molecule has 2 aromatic rings. The van der Waals surface area contributed by atoms with E-state index >= 15 is 0 Å². The molecule has 0 heterocycles. The Bertz CT molecular complexity index is 666. The predicted molar refractivity (Wildman–Crippen MR) is 98.2 cm³/mol. The molecule has 0 unspecified atom stereocenters. The summed E-state index contributed by atoms with van der Waals surface area (Å²) in [6.07, 6.45) is 0.947. The summed E-state index contributed by atoms with van der Waals surface area (Å²) in [5.41, 5.74) is 3.05. The Labute approximate surface area is 143 Å². The number of guanidine groups is 1. The molecule has 0 fully saturated rings. The van der Waals surface area contributed by atoms with Crippen molar-refractivity contribution >= 4 is 11.9 Å². The van der Waals surface area contributed by atoms with Crippen molar-refractivity contribution in [2.45, 2.75) is 13.0 Å². The second-order valence-corrected chi connectivity index (χ2v) is 5.36. The van der Waals surface area contributed by atoms with Crippen LogP contribution in [0.4, 0.5) is 0 Å². The van der Waals surface area contributed by atoms with Crippen molar-refractivity contribution in [2.75, 3.05) is 20.6 Å². The van der Waals surface area contributed by atoms with E-state index in [9.17, 15) is 4.79 Å². The van der Waals surface area contributed by atoms with Crippen molar-refractivity contribution < 1.29 is 4.79 Å². The lowest BCUT2D eigenvalue weighted by Gasteiger charge is -2.12. The lowest BCUT2D eigenvalue weighted by molar-refractivity contribution is 0.0963. The summed E-state index contributed by atoms with van der Waals surface area (Å²) in [6, 6.07) is 17.9. The SMILES string of the molecule is CN=C(NCCc1ccccc1)NCc1ccc(C(=O)NC)cc1. The average molecular weight is 324 g/mol. The molecule has 5 nitrogen and oxygen atoms in total. The average Bonchev–Trinajstić information content (AvgIpc) is 2.65. The molecule has 0 saturated heterocycles. The number of aliphatic imine (C=N–C) groups is 1. The highest BCUT2D eigenvalue weighted by molar-refractivity contribution is 5.93. The Hall–Kier alpha value is -2.82. The topological polar surface area (TPSA) is 65.5 Å². The molecule has 0 aliphatic carbocycles. The molecular weight excluding hydrogens is 300 g/mol. The third kappa shape index (κ3) is 5.43. The molecule has 3 N–H and O–H groups in total. The second kappa shape index (κ2) is 9.35. The van der Waals surface area contributed by atoms with Crippen LogP contribution in [0, 0.1) is 0 Å². The molecule has 0 spiro atoms. The summed E-state index contributed by atoms with van der Waals surface area (Å²) < 4.78 is 0. The normalized spacial score (nSPS) is 11.0. The first-order chi connectivity index (χ1) is 11.7. The standard InChI is InChI=1S/C19H24N4O/c1-20-18(24)17-10-8-16(9-11-17)14-23-19(21-2)22-13-12-15-6-4-3-5-7-15/h3-11H,12-14H2,1-2H3,(H,20,24)(H2,21,22,23). The Balaban J connectivity index is 1.78. The molecule has 0 atom stereocenters. The highest BCUT2D eigenvalue weighted by Gasteiger charge is 2.03. The highest BCUT2D eigenvalue weighted by Crippen LogP contribution is 2.04. The minimum Gasteiger partial charge on any atom is -0.356 e. The van der Waals surface area contributed by atoms with Crippen LogP contribution in [0.1, 0.15) is 21.5 Å². The molecule has 2 rings (SSSR count). The summed E-state index contributed by atoms with van der Waals surface area (Å²) in [7, 11) is 3.38. The number of hydrogen-bond donors (Lipinski definition) is 3. The van der Waals surface area contributed by atoms with Gasteiger partial charge in [-0.1, -0.05) is 42.5 Å². The number of rotatable bonds is 6. The maximum absolute atomic E-state index is 11.5. The van der Waals surface area contributed by atoms with E-state index in [1.807, 2.05) is 42.5 Å². The van der Waals surface area contributed by atoms with Crippen molar-refractivity contribution in [3.63, 3.8) is 0 Å². The fourth-order valence-electron chi connectivity index (χ4n) is 2.29. The highest BCUT2D eigenvalue weighted by atomic mass is 16.1. The van der Waals surface area contributed by atoms with Gasteiger partial charge < -0.3 is 16.0 Å². The van der Waals surface area contributed by atoms with E-state index in [-0.39, 0.29) is 5.91 Å². The second-order valence-electron chi connectivity index (χ2n) is 5.36. The predicted octanol–water partition coefficient (Wildman–Crippen LogP) is 1.95. The molecule has 0 aromatic heterocycles. The summed E-state index contributed by atoms with van der Waals surface area (Å²) in [5.74, 6) is 0.689. The molecule has 0 saturated carbocycles. The maximum Gasteiger partial charge on any atom is 0.251 e. The Morgan fingerprint density at radius 1 is 0.958 bits per heavy atom. The van der Waals surface area contributed by atoms with E-state index in [0.717, 1.165) is 24.5 Å². The van der Waals surface area contributed by atoms with Crippen LogP contribution >= 0.6 is 0 Å². The van der Waals surface area contributed by atoms with Gasteiger partial charge >= 0.3 is 0 Å². The van der Waals surface area contributed by atoms with Crippen LogP contribution in [0.3, 0.4) is 0 Å². The van der Waals surface area contributed by atoms with Gasteiger partial charge in [-0.15, -0.1) is 0 Å². The van der Waals surface area contributed by atoms with Crippen LogP contribution in [-0.2, 0) is 13.0 Å². The number of carbonyl (C=O) groups is 1. The van der Waals surface area contributed by atoms with Crippen molar-refractivity contribution in [1.29, 1.82) is 0 Å². The zero-order valence-electron chi connectivity index (χ0n) is 14.2. The maximum atomic E-state index is 11.5. The molecule has 0 aliphatic heterocycles. The van der Waals surface area contributed by atoms with Crippen LogP contribution in [0.2, 0.25) is 0 Å². The Kier molecular flexibility index (Phi) is 6.83. The number of carbonyl (C=O) groups excluding carboxylic acids is 1. The molecule has 0 bridgehead atoms. The zero-order chi connectivity index (χ0) is 17.2. The van der Waals surface area contributed by atoms with Crippen LogP contribution < -0.4 is 16.0 Å². The monoisotopic (exact) mass is 324 g/mol. The first kappa shape index (κ1) is 17.5. The molecule has 5 heteroatoms. The van der Waals surface area contributed by atoms with E-state index in [2.05, 4.69) is 33.1 Å². The number of hydrogen-bond acceptors (Lipinski definition) is 2. The Morgan fingerprint density at radius 3 is 2.29 bits per heavy atom. The fourth-order valence-corrected chi connectivity index (χ4v) is 2.29. The van der Waals surface area contributed by atoms with Gasteiger partial charge in [0.1, 0.15) is 0 Å². The van der Waals surface area contributed by atoms with E-state index in [4.69, 9.17) is 0 Å². The minimum atomic E-state index is -0.0760. The molecule has 2 aromatic carbocycles. The van der Waals surface area contributed by atoms with E-state index < -0.39 is 0 Å². The van der Waals surface area contributed by atoms with Crippen molar-refractivity contribution in [1.82, 2.24) is 16.0 Å². The molecule has 1 amide bonds. The summed E-state index contributed by atoms with van der Waals surface area (Å²) in [5, 5.41) is 9.19. The van der Waals surface area contributed by atoms with Crippen LogP contribution in [0.15, 0.2) is 59.6 Å². The lowest BCUT2D eigenvalue weighted by atomic mass is 10.1. The molecule has 0 radical (unpaired) electrons. The molecule has 126 valence electrons. The van der Waals surface area contributed by atoms with E-state index in [0.29, 0.717) is 12.1 Å². The summed E-state index contributed by atoms with van der Waals surface area (Å²) in [4.78, 5) is 15.7. The third-order valence-corrected chi connectivity index (χ3v) is 3.68. The van der Waals surface area contributed by atoms with Crippen LogP contribution in [0.25, 0.3) is 0 Å². The molecular formula is C19H24N4O. The number of amides is 1.